The summed E-state index contributed by atoms with van der Waals surface area (Å²) in [6, 6.07) is 9.54. The topological polar surface area (TPSA) is 99.6 Å². The van der Waals surface area contributed by atoms with Crippen molar-refractivity contribution in [2.45, 2.75) is 17.1 Å². The Morgan fingerprint density at radius 3 is 2.65 bits per heavy atom. The van der Waals surface area contributed by atoms with E-state index in [0.717, 1.165) is 17.3 Å². The van der Waals surface area contributed by atoms with Gasteiger partial charge in [0.05, 0.1) is 11.9 Å². The molecule has 3 rings (SSSR count). The molecule has 8 nitrogen and oxygen atoms in total. The van der Waals surface area contributed by atoms with E-state index in [0.29, 0.717) is 21.7 Å². The number of rotatable bonds is 4. The summed E-state index contributed by atoms with van der Waals surface area (Å²) in [4.78, 5) is 19.0. The van der Waals surface area contributed by atoms with Gasteiger partial charge in [-0.15, -0.1) is 5.10 Å². The maximum Gasteiger partial charge on any atom is 0.396 e. The first-order chi connectivity index (χ1) is 11.1. The second-order valence-corrected chi connectivity index (χ2v) is 5.65. The van der Waals surface area contributed by atoms with E-state index in [-0.39, 0.29) is 5.82 Å². The molecule has 2 heterocycles. The van der Waals surface area contributed by atoms with Crippen LogP contribution in [-0.2, 0) is 7.05 Å². The minimum atomic E-state index is -0.510. The zero-order chi connectivity index (χ0) is 16.4. The fourth-order valence-corrected chi connectivity index (χ4v) is 2.86. The highest BCUT2D eigenvalue weighted by molar-refractivity contribution is 7.99. The van der Waals surface area contributed by atoms with Crippen LogP contribution in [0.2, 0.25) is 0 Å². The number of hydrogen-bond donors (Lipinski definition) is 0. The zero-order valence-electron chi connectivity index (χ0n) is 12.4. The number of imidazole rings is 1. The Hall–Kier alpha value is -2.81. The van der Waals surface area contributed by atoms with Gasteiger partial charge in [-0.25, -0.2) is 4.98 Å². The Morgan fingerprint density at radius 2 is 1.96 bits per heavy atom. The molecule has 0 aliphatic rings. The van der Waals surface area contributed by atoms with Crippen LogP contribution in [0.4, 0.5) is 5.82 Å². The van der Waals surface area contributed by atoms with Gasteiger partial charge in [0.2, 0.25) is 11.0 Å². The summed E-state index contributed by atoms with van der Waals surface area (Å²) in [6.45, 7) is 1.70. The molecule has 0 atom stereocenters. The molecule has 23 heavy (non-hydrogen) atoms. The number of benzene rings is 1. The van der Waals surface area contributed by atoms with Gasteiger partial charge in [0.1, 0.15) is 0 Å². The molecule has 0 N–H and O–H groups in total. The van der Waals surface area contributed by atoms with Gasteiger partial charge < -0.3 is 10.1 Å². The van der Waals surface area contributed by atoms with Crippen molar-refractivity contribution in [3.05, 3.63) is 52.5 Å². The lowest BCUT2D eigenvalue weighted by Gasteiger charge is -2.03. The molecule has 0 bridgehead atoms. The highest BCUT2D eigenvalue weighted by Gasteiger charge is 2.25. The monoisotopic (exact) mass is 328 g/mol. The lowest BCUT2D eigenvalue weighted by atomic mass is 10.2. The van der Waals surface area contributed by atoms with E-state index >= 15 is 0 Å². The maximum absolute atomic E-state index is 11.1. The lowest BCUT2D eigenvalue weighted by molar-refractivity contribution is -0.392. The zero-order valence-corrected chi connectivity index (χ0v) is 13.2. The third-order valence-electron chi connectivity index (χ3n) is 3.22. The molecule has 0 spiro atoms. The molecule has 0 fully saturated rings. The molecule has 0 unspecified atom stereocenters. The van der Waals surface area contributed by atoms with E-state index in [4.69, 9.17) is 0 Å². The Morgan fingerprint density at radius 1 is 1.22 bits per heavy atom. The highest BCUT2D eigenvalue weighted by Crippen LogP contribution is 2.33. The van der Waals surface area contributed by atoms with Crippen molar-refractivity contribution in [3.63, 3.8) is 0 Å². The van der Waals surface area contributed by atoms with Gasteiger partial charge in [-0.05, 0) is 21.7 Å². The van der Waals surface area contributed by atoms with Gasteiger partial charge in [0.15, 0.2) is 5.03 Å². The third-order valence-corrected chi connectivity index (χ3v) is 4.22. The van der Waals surface area contributed by atoms with E-state index in [2.05, 4.69) is 20.2 Å². The summed E-state index contributed by atoms with van der Waals surface area (Å²) in [5.74, 6) is 0.343. The van der Waals surface area contributed by atoms with Gasteiger partial charge >= 0.3 is 5.82 Å². The van der Waals surface area contributed by atoms with Crippen LogP contribution in [0.3, 0.4) is 0 Å². The molecule has 3 aromatic rings. The second-order valence-electron chi connectivity index (χ2n) is 4.70. The van der Waals surface area contributed by atoms with E-state index in [1.165, 1.54) is 0 Å². The number of nitrogens with zero attached hydrogens (tertiary/aromatic N) is 6. The molecule has 116 valence electrons. The Balaban J connectivity index is 1.97. The molecule has 0 aliphatic carbocycles. The first-order valence-corrected chi connectivity index (χ1v) is 7.48. The second kappa shape index (κ2) is 6.13. The van der Waals surface area contributed by atoms with Crippen LogP contribution in [0.25, 0.3) is 11.3 Å². The minimum absolute atomic E-state index is 0.205. The molecule has 0 aliphatic heterocycles. The molecular weight excluding hydrogens is 316 g/mol. The Kier molecular flexibility index (Phi) is 4.02. The van der Waals surface area contributed by atoms with Crippen molar-refractivity contribution in [2.24, 2.45) is 7.05 Å². The molecule has 0 radical (unpaired) electrons. The summed E-state index contributed by atoms with van der Waals surface area (Å²) >= 11 is 1.07. The van der Waals surface area contributed by atoms with Crippen molar-refractivity contribution in [1.29, 1.82) is 0 Å². The molecule has 9 heteroatoms. The van der Waals surface area contributed by atoms with Crippen LogP contribution in [0.15, 0.2) is 46.7 Å². The molecular formula is C14H12N6O2S. The van der Waals surface area contributed by atoms with Crippen LogP contribution in [0.1, 0.15) is 5.82 Å². The normalized spacial score (nSPS) is 10.7. The third kappa shape index (κ3) is 3.04. The lowest BCUT2D eigenvalue weighted by Crippen LogP contribution is -1.98. The molecule has 2 aromatic heterocycles. The van der Waals surface area contributed by atoms with E-state index < -0.39 is 4.92 Å². The number of aromatic nitrogens is 5. The largest absolute Gasteiger partial charge is 0.396 e. The average Bonchev–Trinajstić information content (AvgIpc) is 2.85. The summed E-state index contributed by atoms with van der Waals surface area (Å²) in [7, 11) is 1.71. The first-order valence-electron chi connectivity index (χ1n) is 6.67. The molecule has 0 saturated carbocycles. The van der Waals surface area contributed by atoms with Gasteiger partial charge in [-0.3, -0.25) is 4.57 Å². The Labute approximate surface area is 135 Å². The van der Waals surface area contributed by atoms with Crippen LogP contribution in [-0.4, -0.2) is 29.7 Å². The van der Waals surface area contributed by atoms with Crippen molar-refractivity contribution in [3.8, 4) is 11.3 Å². The standard InChI is InChI=1S/C14H12N6O2S/c1-9-16-12(20(21)22)13(19(9)2)23-14-17-11(8-15-18-14)10-6-4-3-5-7-10/h3-8H,1-2H3. The van der Waals surface area contributed by atoms with Gasteiger partial charge in [-0.1, -0.05) is 30.3 Å². The van der Waals surface area contributed by atoms with Crippen molar-refractivity contribution in [2.75, 3.05) is 0 Å². The predicted molar refractivity (Wildman–Crippen MR) is 84.0 cm³/mol. The quantitative estimate of drug-likeness (QED) is 0.536. The fourth-order valence-electron chi connectivity index (χ4n) is 1.97. The van der Waals surface area contributed by atoms with Crippen molar-refractivity contribution in [1.82, 2.24) is 24.7 Å². The van der Waals surface area contributed by atoms with Crippen LogP contribution >= 0.6 is 11.8 Å². The first kappa shape index (κ1) is 15.1. The van der Waals surface area contributed by atoms with Gasteiger partial charge in [0.25, 0.3) is 0 Å². The predicted octanol–water partition coefficient (Wildman–Crippen LogP) is 2.64. The summed E-state index contributed by atoms with van der Waals surface area (Å²) in [6.07, 6.45) is 1.56. The SMILES string of the molecule is Cc1nc([N+](=O)[O-])c(Sc2nncc(-c3ccccc3)n2)n1C. The van der Waals surface area contributed by atoms with Gasteiger partial charge in [-0.2, -0.15) is 5.10 Å². The smallest absolute Gasteiger partial charge is 0.358 e. The maximum atomic E-state index is 11.1. The van der Waals surface area contributed by atoms with Crippen LogP contribution in [0.5, 0.6) is 0 Å². The van der Waals surface area contributed by atoms with E-state index in [1.54, 1.807) is 24.7 Å². The summed E-state index contributed by atoms with van der Waals surface area (Å²) in [5, 5.41) is 19.7. The molecule has 0 saturated heterocycles. The summed E-state index contributed by atoms with van der Waals surface area (Å²) in [5.41, 5.74) is 1.56. The minimum Gasteiger partial charge on any atom is -0.358 e. The number of hydrogen-bond acceptors (Lipinski definition) is 7. The number of nitro groups is 1. The molecule has 1 aromatic carbocycles. The molecule has 0 amide bonds. The highest BCUT2D eigenvalue weighted by atomic mass is 32.2. The van der Waals surface area contributed by atoms with Crippen LogP contribution < -0.4 is 0 Å². The van der Waals surface area contributed by atoms with E-state index in [9.17, 15) is 10.1 Å². The van der Waals surface area contributed by atoms with Gasteiger partial charge in [0, 0.05) is 19.5 Å². The van der Waals surface area contributed by atoms with E-state index in [1.807, 2.05) is 30.3 Å². The average molecular weight is 328 g/mol. The summed E-state index contributed by atoms with van der Waals surface area (Å²) < 4.78 is 1.64. The fraction of sp³-hybridized carbons (Fsp3) is 0.143. The number of aryl methyl sites for hydroxylation is 1. The Bertz CT molecular complexity index is 865. The van der Waals surface area contributed by atoms with Crippen molar-refractivity contribution >= 4 is 17.6 Å². The van der Waals surface area contributed by atoms with Crippen molar-refractivity contribution < 1.29 is 4.92 Å². The van der Waals surface area contributed by atoms with Crippen LogP contribution in [0, 0.1) is 17.0 Å².